The minimum absolute atomic E-state index is 0.563. The van der Waals surface area contributed by atoms with Crippen LogP contribution < -0.4 is 9.47 Å². The summed E-state index contributed by atoms with van der Waals surface area (Å²) in [4.78, 5) is 8.79. The molecule has 186 valence electrons. The van der Waals surface area contributed by atoms with Crippen molar-refractivity contribution in [2.24, 2.45) is 0 Å². The molecule has 0 saturated heterocycles. The second-order valence-corrected chi connectivity index (χ2v) is 9.80. The van der Waals surface area contributed by atoms with Crippen LogP contribution in [0.1, 0.15) is 22.3 Å². The Morgan fingerprint density at radius 1 is 0.474 bits per heavy atom. The molecule has 0 unspecified atom stereocenters. The van der Waals surface area contributed by atoms with Crippen molar-refractivity contribution in [3.05, 3.63) is 120 Å². The zero-order valence-electron chi connectivity index (χ0n) is 21.9. The van der Waals surface area contributed by atoms with E-state index < -0.39 is 0 Å². The van der Waals surface area contributed by atoms with Gasteiger partial charge < -0.3 is 9.47 Å². The van der Waals surface area contributed by atoms with Crippen molar-refractivity contribution in [2.75, 3.05) is 0 Å². The fourth-order valence-corrected chi connectivity index (χ4v) is 4.74. The summed E-state index contributed by atoms with van der Waals surface area (Å²) in [5, 5.41) is 4.34. The van der Waals surface area contributed by atoms with E-state index in [0.29, 0.717) is 11.8 Å². The smallest absolute Gasteiger partial charge is 0.219 e. The number of aryl methyl sites for hydroxylation is 4. The molecule has 2 heterocycles. The summed E-state index contributed by atoms with van der Waals surface area (Å²) in [7, 11) is 0. The van der Waals surface area contributed by atoms with Crippen LogP contribution in [0.25, 0.3) is 32.7 Å². The van der Waals surface area contributed by atoms with Crippen LogP contribution in [0.4, 0.5) is 0 Å². The third kappa shape index (κ3) is 4.57. The third-order valence-electron chi connectivity index (χ3n) is 7.10. The monoisotopic (exact) mass is 496 g/mol. The van der Waals surface area contributed by atoms with Crippen molar-refractivity contribution in [1.82, 2.24) is 9.97 Å². The van der Waals surface area contributed by atoms with Gasteiger partial charge in [0.2, 0.25) is 11.8 Å². The molecule has 0 bridgehead atoms. The van der Waals surface area contributed by atoms with Gasteiger partial charge in [0.05, 0.1) is 0 Å². The lowest BCUT2D eigenvalue weighted by atomic mass is 9.94. The summed E-state index contributed by atoms with van der Waals surface area (Å²) in [6, 6.07) is 28.8. The normalized spacial score (nSPS) is 11.2. The number of benzene rings is 4. The van der Waals surface area contributed by atoms with Gasteiger partial charge in [0, 0.05) is 35.3 Å². The number of hydrogen-bond donors (Lipinski definition) is 0. The lowest BCUT2D eigenvalue weighted by molar-refractivity contribution is 0.467. The molecule has 0 fully saturated rings. The van der Waals surface area contributed by atoms with Crippen LogP contribution in [0.2, 0.25) is 0 Å². The highest BCUT2D eigenvalue weighted by Gasteiger charge is 2.14. The summed E-state index contributed by atoms with van der Waals surface area (Å²) in [5.41, 5.74) is 7.00. The van der Waals surface area contributed by atoms with E-state index >= 15 is 0 Å². The lowest BCUT2D eigenvalue weighted by Crippen LogP contribution is -1.94. The van der Waals surface area contributed by atoms with E-state index in [0.717, 1.165) is 44.2 Å². The largest absolute Gasteiger partial charge is 0.438 e. The van der Waals surface area contributed by atoms with Crippen molar-refractivity contribution < 1.29 is 9.47 Å². The maximum absolute atomic E-state index is 6.34. The highest BCUT2D eigenvalue weighted by Crippen LogP contribution is 2.40. The zero-order chi connectivity index (χ0) is 26.2. The summed E-state index contributed by atoms with van der Waals surface area (Å²) in [6.45, 7) is 8.53. The van der Waals surface area contributed by atoms with Gasteiger partial charge in [0.15, 0.2) is 0 Å². The molecule has 0 atom stereocenters. The van der Waals surface area contributed by atoms with Gasteiger partial charge >= 0.3 is 0 Å². The lowest BCUT2D eigenvalue weighted by Gasteiger charge is -2.16. The van der Waals surface area contributed by atoms with E-state index in [1.807, 2.05) is 36.4 Å². The average molecular weight is 497 g/mol. The molecule has 0 aliphatic rings. The quantitative estimate of drug-likeness (QED) is 0.239. The molecule has 0 aliphatic heterocycles. The van der Waals surface area contributed by atoms with Crippen molar-refractivity contribution in [3.8, 4) is 34.4 Å². The van der Waals surface area contributed by atoms with Crippen molar-refractivity contribution in [1.29, 1.82) is 0 Å². The van der Waals surface area contributed by atoms with Crippen LogP contribution in [0.5, 0.6) is 23.3 Å². The highest BCUT2D eigenvalue weighted by molar-refractivity contribution is 5.98. The maximum atomic E-state index is 6.34. The van der Waals surface area contributed by atoms with Crippen LogP contribution >= 0.6 is 0 Å². The van der Waals surface area contributed by atoms with Crippen LogP contribution in [0.3, 0.4) is 0 Å². The number of ether oxygens (including phenoxy) is 2. The summed E-state index contributed by atoms with van der Waals surface area (Å²) < 4.78 is 12.7. The SMILES string of the molecule is Cc1cc2cc(-c3cc(Oc4ccccn4)c4cc(C)c(C)cc4c3)cc(Oc3ccccn3)c2cc1C. The first-order valence-electron chi connectivity index (χ1n) is 12.7. The highest BCUT2D eigenvalue weighted by atomic mass is 16.5. The van der Waals surface area contributed by atoms with Crippen molar-refractivity contribution >= 4 is 21.5 Å². The molecule has 4 nitrogen and oxygen atoms in total. The molecule has 0 radical (unpaired) electrons. The van der Waals surface area contributed by atoms with Gasteiger partial charge in [0.25, 0.3) is 0 Å². The molecule has 6 rings (SSSR count). The Hall–Kier alpha value is -4.70. The Balaban J connectivity index is 1.57. The minimum atomic E-state index is 0.563. The second kappa shape index (κ2) is 9.64. The first-order chi connectivity index (χ1) is 18.4. The molecule has 0 spiro atoms. The molecular weight excluding hydrogens is 468 g/mol. The van der Waals surface area contributed by atoms with E-state index in [-0.39, 0.29) is 0 Å². The van der Waals surface area contributed by atoms with Crippen LogP contribution in [-0.2, 0) is 0 Å². The fraction of sp³-hybridized carbons (Fsp3) is 0.118. The molecule has 0 amide bonds. The molecule has 6 aromatic rings. The molecule has 0 aliphatic carbocycles. The molecule has 4 heteroatoms. The molecule has 4 aromatic carbocycles. The maximum Gasteiger partial charge on any atom is 0.219 e. The van der Waals surface area contributed by atoms with Gasteiger partial charge in [0.1, 0.15) is 11.5 Å². The van der Waals surface area contributed by atoms with Gasteiger partial charge in [-0.2, -0.15) is 0 Å². The van der Waals surface area contributed by atoms with E-state index in [4.69, 9.17) is 9.47 Å². The predicted octanol–water partition coefficient (Wildman–Crippen LogP) is 9.27. The zero-order valence-corrected chi connectivity index (χ0v) is 21.9. The van der Waals surface area contributed by atoms with Crippen molar-refractivity contribution in [2.45, 2.75) is 27.7 Å². The van der Waals surface area contributed by atoms with E-state index in [1.165, 1.54) is 22.3 Å². The fourth-order valence-electron chi connectivity index (χ4n) is 4.74. The third-order valence-corrected chi connectivity index (χ3v) is 7.10. The number of rotatable bonds is 5. The molecule has 38 heavy (non-hydrogen) atoms. The van der Waals surface area contributed by atoms with Gasteiger partial charge in [-0.15, -0.1) is 0 Å². The topological polar surface area (TPSA) is 44.2 Å². The molecular formula is C34H28N2O2. The van der Waals surface area contributed by atoms with E-state index in [9.17, 15) is 0 Å². The van der Waals surface area contributed by atoms with Gasteiger partial charge in [-0.3, -0.25) is 0 Å². The Kier molecular flexibility index (Phi) is 6.01. The molecule has 0 N–H and O–H groups in total. The second-order valence-electron chi connectivity index (χ2n) is 9.80. The first kappa shape index (κ1) is 23.7. The van der Waals surface area contributed by atoms with Crippen LogP contribution in [-0.4, -0.2) is 9.97 Å². The average Bonchev–Trinajstić information content (AvgIpc) is 2.92. The Labute approximate surface area is 222 Å². The van der Waals surface area contributed by atoms with Gasteiger partial charge in [-0.25, -0.2) is 9.97 Å². The van der Waals surface area contributed by atoms with Gasteiger partial charge in [-0.05, 0) is 120 Å². The van der Waals surface area contributed by atoms with Crippen molar-refractivity contribution in [3.63, 3.8) is 0 Å². The first-order valence-corrected chi connectivity index (χ1v) is 12.7. The predicted molar refractivity (Wildman–Crippen MR) is 154 cm³/mol. The summed E-state index contributed by atoms with van der Waals surface area (Å²) >= 11 is 0. The van der Waals surface area contributed by atoms with Crippen LogP contribution in [0, 0.1) is 27.7 Å². The minimum Gasteiger partial charge on any atom is -0.438 e. The molecule has 0 saturated carbocycles. The van der Waals surface area contributed by atoms with Gasteiger partial charge in [-0.1, -0.05) is 24.3 Å². The Morgan fingerprint density at radius 2 is 0.895 bits per heavy atom. The number of fused-ring (bicyclic) bond motifs is 2. The van der Waals surface area contributed by atoms with E-state index in [2.05, 4.69) is 86.2 Å². The van der Waals surface area contributed by atoms with Crippen LogP contribution in [0.15, 0.2) is 97.3 Å². The number of hydrogen-bond acceptors (Lipinski definition) is 4. The Morgan fingerprint density at radius 3 is 1.29 bits per heavy atom. The standard InChI is InChI=1S/C34H28N2O2/c1-21-13-27-17-25(19-31(29(27)15-23(21)3)37-33-9-5-7-11-35-33)26-18-28-14-22(2)24(4)16-30(28)32(20-26)38-34-10-6-8-12-36-34/h5-20H,1-4H3. The molecule has 2 aromatic heterocycles. The number of pyridine rings is 2. The number of aromatic nitrogens is 2. The van der Waals surface area contributed by atoms with E-state index in [1.54, 1.807) is 12.4 Å². The summed E-state index contributed by atoms with van der Waals surface area (Å²) in [6.07, 6.45) is 3.48. The number of nitrogens with zero attached hydrogens (tertiary/aromatic N) is 2. The summed E-state index contributed by atoms with van der Waals surface area (Å²) in [5.74, 6) is 2.67. The Bertz CT molecular complexity index is 1660.